The summed E-state index contributed by atoms with van der Waals surface area (Å²) in [4.78, 5) is 0.234. The number of anilines is 2. The highest BCUT2D eigenvalue weighted by Gasteiger charge is 2.20. The number of hydrogen-bond acceptors (Lipinski definition) is 5. The summed E-state index contributed by atoms with van der Waals surface area (Å²) in [6.07, 6.45) is 0.824. The zero-order chi connectivity index (χ0) is 16.4. The van der Waals surface area contributed by atoms with Crippen molar-refractivity contribution in [2.45, 2.75) is 11.3 Å². The molecular weight excluding hydrogens is 316 g/mol. The fourth-order valence-corrected chi connectivity index (χ4v) is 3.66. The Kier molecular flexibility index (Phi) is 4.04. The lowest BCUT2D eigenvalue weighted by Gasteiger charge is -2.13. The van der Waals surface area contributed by atoms with Crippen LogP contribution in [0, 0.1) is 0 Å². The Labute approximate surface area is 135 Å². The lowest BCUT2D eigenvalue weighted by atomic mass is 10.2. The van der Waals surface area contributed by atoms with Crippen molar-refractivity contribution in [2.75, 3.05) is 30.8 Å². The van der Waals surface area contributed by atoms with E-state index in [0.717, 1.165) is 24.2 Å². The van der Waals surface area contributed by atoms with Gasteiger partial charge in [-0.25, -0.2) is 8.42 Å². The Morgan fingerprint density at radius 2 is 1.91 bits per heavy atom. The second-order valence-corrected chi connectivity index (χ2v) is 6.85. The fourth-order valence-electron chi connectivity index (χ4n) is 2.53. The van der Waals surface area contributed by atoms with Gasteiger partial charge in [-0.15, -0.1) is 0 Å². The third-order valence-electron chi connectivity index (χ3n) is 3.75. The standard InChI is InChI=1S/C16H18N2O4S/c1-21-12-3-5-15(16(10-12)22-2)18-23(19,20)13-4-6-14-11(9-13)7-8-17-14/h3-6,9-10,17-18H,7-8H2,1-2H3. The Morgan fingerprint density at radius 1 is 1.09 bits per heavy atom. The molecule has 0 bridgehead atoms. The molecule has 1 aliphatic rings. The molecule has 0 aromatic heterocycles. The molecule has 2 aromatic rings. The van der Waals surface area contributed by atoms with Gasteiger partial charge in [0.2, 0.25) is 0 Å². The second-order valence-electron chi connectivity index (χ2n) is 5.17. The van der Waals surface area contributed by atoms with E-state index in [0.29, 0.717) is 17.2 Å². The summed E-state index contributed by atoms with van der Waals surface area (Å²) in [6, 6.07) is 10.0. The SMILES string of the molecule is COc1ccc(NS(=O)(=O)c2ccc3c(c2)CCN3)c(OC)c1. The second kappa shape index (κ2) is 6.00. The normalized spacial score (nSPS) is 13.1. The van der Waals surface area contributed by atoms with E-state index in [2.05, 4.69) is 10.0 Å². The van der Waals surface area contributed by atoms with Crippen molar-refractivity contribution in [1.29, 1.82) is 0 Å². The van der Waals surface area contributed by atoms with Gasteiger partial charge in [0.15, 0.2) is 0 Å². The molecule has 0 amide bonds. The van der Waals surface area contributed by atoms with Gasteiger partial charge in [0.1, 0.15) is 11.5 Å². The van der Waals surface area contributed by atoms with Gasteiger partial charge < -0.3 is 14.8 Å². The van der Waals surface area contributed by atoms with Crippen LogP contribution >= 0.6 is 0 Å². The first-order chi connectivity index (χ1) is 11.0. The van der Waals surface area contributed by atoms with Gasteiger partial charge in [0.05, 0.1) is 24.8 Å². The number of sulfonamides is 1. The average molecular weight is 334 g/mol. The molecule has 23 heavy (non-hydrogen) atoms. The van der Waals surface area contributed by atoms with E-state index in [1.54, 1.807) is 36.4 Å². The third-order valence-corrected chi connectivity index (χ3v) is 5.11. The summed E-state index contributed by atoms with van der Waals surface area (Å²) in [5.74, 6) is 0.990. The van der Waals surface area contributed by atoms with Crippen LogP contribution in [0.1, 0.15) is 5.56 Å². The number of nitrogens with one attached hydrogen (secondary N) is 2. The molecule has 0 saturated carbocycles. The first-order valence-electron chi connectivity index (χ1n) is 7.15. The first kappa shape index (κ1) is 15.5. The van der Waals surface area contributed by atoms with Crippen molar-refractivity contribution in [3.63, 3.8) is 0 Å². The molecule has 0 fully saturated rings. The van der Waals surface area contributed by atoms with Crippen molar-refractivity contribution >= 4 is 21.4 Å². The van der Waals surface area contributed by atoms with E-state index in [1.165, 1.54) is 14.2 Å². The fraction of sp³-hybridized carbons (Fsp3) is 0.250. The van der Waals surface area contributed by atoms with Crippen molar-refractivity contribution in [1.82, 2.24) is 0 Å². The number of hydrogen-bond donors (Lipinski definition) is 2. The van der Waals surface area contributed by atoms with Crippen molar-refractivity contribution in [2.24, 2.45) is 0 Å². The van der Waals surface area contributed by atoms with Gasteiger partial charge in [-0.1, -0.05) is 0 Å². The third kappa shape index (κ3) is 3.05. The summed E-state index contributed by atoms with van der Waals surface area (Å²) in [6.45, 7) is 0.832. The summed E-state index contributed by atoms with van der Waals surface area (Å²) < 4.78 is 38.1. The van der Waals surface area contributed by atoms with Crippen LogP contribution in [0.15, 0.2) is 41.3 Å². The number of benzene rings is 2. The quantitative estimate of drug-likeness (QED) is 0.878. The molecule has 0 unspecified atom stereocenters. The van der Waals surface area contributed by atoms with Crippen LogP contribution in [0.2, 0.25) is 0 Å². The van der Waals surface area contributed by atoms with Gasteiger partial charge in [-0.05, 0) is 42.3 Å². The van der Waals surface area contributed by atoms with Gasteiger partial charge in [-0.2, -0.15) is 0 Å². The van der Waals surface area contributed by atoms with Crippen LogP contribution in [-0.4, -0.2) is 29.2 Å². The number of rotatable bonds is 5. The van der Waals surface area contributed by atoms with Gasteiger partial charge >= 0.3 is 0 Å². The smallest absolute Gasteiger partial charge is 0.262 e. The maximum absolute atomic E-state index is 12.6. The minimum Gasteiger partial charge on any atom is -0.497 e. The van der Waals surface area contributed by atoms with Crippen LogP contribution in [0.25, 0.3) is 0 Å². The molecule has 7 heteroatoms. The van der Waals surface area contributed by atoms with E-state index < -0.39 is 10.0 Å². The van der Waals surface area contributed by atoms with Gasteiger partial charge in [0.25, 0.3) is 10.0 Å². The van der Waals surface area contributed by atoms with Crippen molar-refractivity contribution in [3.05, 3.63) is 42.0 Å². The summed E-state index contributed by atoms with van der Waals surface area (Å²) >= 11 is 0. The molecule has 0 atom stereocenters. The predicted molar refractivity (Wildman–Crippen MR) is 89.0 cm³/mol. The maximum Gasteiger partial charge on any atom is 0.262 e. The molecule has 1 aliphatic heterocycles. The average Bonchev–Trinajstić information content (AvgIpc) is 3.02. The van der Waals surface area contributed by atoms with Crippen molar-refractivity contribution < 1.29 is 17.9 Å². The number of methoxy groups -OCH3 is 2. The van der Waals surface area contributed by atoms with Crippen LogP contribution < -0.4 is 19.5 Å². The molecule has 2 aromatic carbocycles. The number of fused-ring (bicyclic) bond motifs is 1. The Bertz CT molecular complexity index is 834. The van der Waals surface area contributed by atoms with E-state index in [-0.39, 0.29) is 4.90 Å². The molecule has 2 N–H and O–H groups in total. The highest BCUT2D eigenvalue weighted by molar-refractivity contribution is 7.92. The lowest BCUT2D eigenvalue weighted by Crippen LogP contribution is -2.14. The van der Waals surface area contributed by atoms with E-state index in [1.807, 2.05) is 0 Å². The highest BCUT2D eigenvalue weighted by Crippen LogP contribution is 2.32. The molecule has 0 saturated heterocycles. The van der Waals surface area contributed by atoms with E-state index >= 15 is 0 Å². The first-order valence-corrected chi connectivity index (χ1v) is 8.63. The summed E-state index contributed by atoms with van der Waals surface area (Å²) in [5.41, 5.74) is 2.37. The molecule has 0 aliphatic carbocycles. The zero-order valence-electron chi connectivity index (χ0n) is 12.9. The molecule has 6 nitrogen and oxygen atoms in total. The largest absolute Gasteiger partial charge is 0.497 e. The summed E-state index contributed by atoms with van der Waals surface area (Å²) in [5, 5.41) is 3.21. The zero-order valence-corrected chi connectivity index (χ0v) is 13.7. The van der Waals surface area contributed by atoms with Crippen LogP contribution in [0.3, 0.4) is 0 Å². The monoisotopic (exact) mass is 334 g/mol. The van der Waals surface area contributed by atoms with Crippen molar-refractivity contribution in [3.8, 4) is 11.5 Å². The highest BCUT2D eigenvalue weighted by atomic mass is 32.2. The van der Waals surface area contributed by atoms with Gasteiger partial charge in [0, 0.05) is 18.3 Å². The van der Waals surface area contributed by atoms with Crippen LogP contribution in [-0.2, 0) is 16.4 Å². The minimum atomic E-state index is -3.69. The summed E-state index contributed by atoms with van der Waals surface area (Å²) in [7, 11) is -0.667. The molecule has 122 valence electrons. The Morgan fingerprint density at radius 3 is 2.65 bits per heavy atom. The lowest BCUT2D eigenvalue weighted by molar-refractivity contribution is 0.395. The molecule has 0 radical (unpaired) electrons. The van der Waals surface area contributed by atoms with Crippen LogP contribution in [0.4, 0.5) is 11.4 Å². The van der Waals surface area contributed by atoms with E-state index in [9.17, 15) is 8.42 Å². The Hall–Kier alpha value is -2.41. The van der Waals surface area contributed by atoms with Crippen LogP contribution in [0.5, 0.6) is 11.5 Å². The number of ether oxygens (including phenoxy) is 2. The predicted octanol–water partition coefficient (Wildman–Crippen LogP) is 2.47. The molecular formula is C16H18N2O4S. The molecule has 3 rings (SSSR count). The molecule has 0 spiro atoms. The minimum absolute atomic E-state index is 0.234. The van der Waals surface area contributed by atoms with E-state index in [4.69, 9.17) is 9.47 Å². The van der Waals surface area contributed by atoms with Gasteiger partial charge in [-0.3, -0.25) is 4.72 Å². The molecule has 1 heterocycles. The Balaban J connectivity index is 1.92. The maximum atomic E-state index is 12.6. The topological polar surface area (TPSA) is 76.7 Å².